The molecule has 1 aliphatic rings. The van der Waals surface area contributed by atoms with E-state index in [1.54, 1.807) is 17.0 Å². The zero-order chi connectivity index (χ0) is 29.8. The Morgan fingerprint density at radius 3 is 2.66 bits per heavy atom. The van der Waals surface area contributed by atoms with E-state index < -0.39 is 6.10 Å². The van der Waals surface area contributed by atoms with Gasteiger partial charge in [0, 0.05) is 30.4 Å². The van der Waals surface area contributed by atoms with E-state index in [-0.39, 0.29) is 18.7 Å². The van der Waals surface area contributed by atoms with E-state index >= 15 is 0 Å². The van der Waals surface area contributed by atoms with Crippen LogP contribution in [0.5, 0.6) is 5.75 Å². The van der Waals surface area contributed by atoms with Crippen molar-refractivity contribution >= 4 is 17.7 Å². The van der Waals surface area contributed by atoms with E-state index in [2.05, 4.69) is 12.1 Å². The lowest BCUT2D eigenvalue weighted by atomic mass is 9.86. The fourth-order valence-corrected chi connectivity index (χ4v) is 5.70. The highest BCUT2D eigenvalue weighted by atomic mass is 35.5. The number of carbonyl (C=O) groups excluding carboxylic acids is 1. The van der Waals surface area contributed by atoms with Crippen LogP contribution in [-0.4, -0.2) is 89.2 Å². The van der Waals surface area contributed by atoms with Crippen molar-refractivity contribution in [3.63, 3.8) is 0 Å². The van der Waals surface area contributed by atoms with Gasteiger partial charge in [0.05, 0.1) is 29.1 Å². The van der Waals surface area contributed by atoms with Gasteiger partial charge in [0.25, 0.3) is 0 Å². The Bertz CT molecular complexity index is 1360. The van der Waals surface area contributed by atoms with E-state index in [0.717, 1.165) is 47.5 Å². The molecule has 0 unspecified atom stereocenters. The van der Waals surface area contributed by atoms with Crippen molar-refractivity contribution in [2.75, 3.05) is 40.9 Å². The molecule has 3 aromatic rings. The molecular formula is C30H40ClN5O5. The van der Waals surface area contributed by atoms with Crippen molar-refractivity contribution in [3.05, 3.63) is 45.9 Å². The van der Waals surface area contributed by atoms with Crippen LogP contribution in [0.4, 0.5) is 4.79 Å². The zero-order valence-electron chi connectivity index (χ0n) is 24.9. The van der Waals surface area contributed by atoms with E-state index in [4.69, 9.17) is 35.6 Å². The van der Waals surface area contributed by atoms with Gasteiger partial charge in [0.15, 0.2) is 5.82 Å². The number of ether oxygens (including phenoxy) is 2. The highest BCUT2D eigenvalue weighted by molar-refractivity contribution is 6.33. The van der Waals surface area contributed by atoms with Crippen molar-refractivity contribution in [1.82, 2.24) is 24.9 Å². The molecule has 1 amide bonds. The molecule has 1 aliphatic heterocycles. The standard InChI is InChI=1S/C30H40ClN5O5/c1-17-12-21(10-11-36(17)30(38)39-7)13-26-18(2)28(27-19(3)34-41-20(27)4)33-29(32-26)24-14-23(8-9-25(24)31)40-16-22(37)15-35(5)6/h8-9,14,17,21-22,37H,10-13,15-16H2,1-7H3/t17-,21-,22+/m0/s1. The molecular weight excluding hydrogens is 546 g/mol. The SMILES string of the molecule is COC(=O)N1CC[C@H](Cc2nc(-c3cc(OC[C@H](O)CN(C)C)ccc3Cl)nc(-c3c(C)noc3C)c2C)C[C@@H]1C. The highest BCUT2D eigenvalue weighted by Crippen LogP contribution is 2.36. The van der Waals surface area contributed by atoms with Crippen molar-refractivity contribution in [3.8, 4) is 28.4 Å². The van der Waals surface area contributed by atoms with Gasteiger partial charge in [-0.2, -0.15) is 0 Å². The number of halogens is 1. The van der Waals surface area contributed by atoms with Crippen LogP contribution >= 0.6 is 11.6 Å². The summed E-state index contributed by atoms with van der Waals surface area (Å²) < 4.78 is 16.3. The number of likely N-dealkylation sites (tertiary alicyclic amines) is 1. The first-order chi connectivity index (χ1) is 19.5. The molecule has 0 spiro atoms. The molecule has 10 nitrogen and oxygen atoms in total. The van der Waals surface area contributed by atoms with Gasteiger partial charge in [-0.1, -0.05) is 16.8 Å². The van der Waals surface area contributed by atoms with Crippen molar-refractivity contribution in [2.45, 2.75) is 59.1 Å². The van der Waals surface area contributed by atoms with Crippen LogP contribution in [0.25, 0.3) is 22.6 Å². The number of hydrogen-bond acceptors (Lipinski definition) is 9. The predicted molar refractivity (Wildman–Crippen MR) is 157 cm³/mol. The molecule has 1 aromatic carbocycles. The number of aryl methyl sites for hydroxylation is 2. The molecule has 222 valence electrons. The first-order valence-electron chi connectivity index (χ1n) is 13.9. The third-order valence-electron chi connectivity index (χ3n) is 7.59. The maximum absolute atomic E-state index is 12.2. The molecule has 2 aromatic heterocycles. The Balaban J connectivity index is 1.70. The highest BCUT2D eigenvalue weighted by Gasteiger charge is 2.31. The van der Waals surface area contributed by atoms with E-state index in [0.29, 0.717) is 46.9 Å². The first-order valence-corrected chi connectivity index (χ1v) is 14.3. The minimum Gasteiger partial charge on any atom is -0.491 e. The zero-order valence-corrected chi connectivity index (χ0v) is 25.7. The second-order valence-corrected chi connectivity index (χ2v) is 11.5. The van der Waals surface area contributed by atoms with Crippen LogP contribution in [0.3, 0.4) is 0 Å². The third-order valence-corrected chi connectivity index (χ3v) is 7.92. The average Bonchev–Trinajstić information content (AvgIpc) is 3.26. The molecule has 0 bridgehead atoms. The number of nitrogens with zero attached hydrogens (tertiary/aromatic N) is 5. The summed E-state index contributed by atoms with van der Waals surface area (Å²) >= 11 is 6.69. The Hall–Kier alpha value is -3.21. The largest absolute Gasteiger partial charge is 0.491 e. The molecule has 41 heavy (non-hydrogen) atoms. The summed E-state index contributed by atoms with van der Waals surface area (Å²) in [5, 5.41) is 14.9. The Morgan fingerprint density at radius 1 is 1.27 bits per heavy atom. The lowest BCUT2D eigenvalue weighted by Gasteiger charge is -2.36. The van der Waals surface area contributed by atoms with E-state index in [1.165, 1.54) is 7.11 Å². The normalized spacial score (nSPS) is 18.0. The molecule has 4 rings (SSSR count). The van der Waals surface area contributed by atoms with Gasteiger partial charge >= 0.3 is 6.09 Å². The van der Waals surface area contributed by atoms with Gasteiger partial charge in [-0.3, -0.25) is 0 Å². The number of hydrogen-bond donors (Lipinski definition) is 1. The number of aromatic nitrogens is 3. The second-order valence-electron chi connectivity index (χ2n) is 11.1. The number of aliphatic hydroxyl groups excluding tert-OH is 1. The number of benzene rings is 1. The summed E-state index contributed by atoms with van der Waals surface area (Å²) in [4.78, 5) is 25.9. The number of carbonyl (C=O) groups is 1. The van der Waals surface area contributed by atoms with Gasteiger partial charge in [0.1, 0.15) is 24.2 Å². The number of likely N-dealkylation sites (N-methyl/N-ethyl adjacent to an activating group) is 1. The van der Waals surface area contributed by atoms with Crippen molar-refractivity contribution in [1.29, 1.82) is 0 Å². The Labute approximate surface area is 246 Å². The van der Waals surface area contributed by atoms with Gasteiger partial charge in [0.2, 0.25) is 0 Å². The number of methoxy groups -OCH3 is 1. The summed E-state index contributed by atoms with van der Waals surface area (Å²) in [5.74, 6) is 2.05. The summed E-state index contributed by atoms with van der Waals surface area (Å²) in [7, 11) is 5.21. The van der Waals surface area contributed by atoms with Gasteiger partial charge in [-0.25, -0.2) is 14.8 Å². The number of rotatable bonds is 9. The second kappa shape index (κ2) is 13.2. The molecule has 1 saturated heterocycles. The van der Waals surface area contributed by atoms with Crippen LogP contribution in [-0.2, 0) is 11.2 Å². The molecule has 1 fully saturated rings. The molecule has 0 saturated carbocycles. The third kappa shape index (κ3) is 7.17. The molecule has 0 aliphatic carbocycles. The van der Waals surface area contributed by atoms with E-state index in [9.17, 15) is 9.90 Å². The quantitative estimate of drug-likeness (QED) is 0.367. The minimum atomic E-state index is -0.634. The Morgan fingerprint density at radius 2 is 2.02 bits per heavy atom. The summed E-state index contributed by atoms with van der Waals surface area (Å²) in [5.41, 5.74) is 4.86. The summed E-state index contributed by atoms with van der Waals surface area (Å²) in [6, 6.07) is 5.41. The first kappa shape index (κ1) is 30.7. The monoisotopic (exact) mass is 585 g/mol. The topological polar surface area (TPSA) is 114 Å². The van der Waals surface area contributed by atoms with Crippen molar-refractivity contribution in [2.24, 2.45) is 5.92 Å². The van der Waals surface area contributed by atoms with Crippen molar-refractivity contribution < 1.29 is 23.9 Å². The molecule has 3 atom stereocenters. The van der Waals surface area contributed by atoms with Gasteiger partial charge < -0.3 is 28.9 Å². The van der Waals surface area contributed by atoms with Crippen LogP contribution in [0.15, 0.2) is 22.7 Å². The van der Waals surface area contributed by atoms with Crippen LogP contribution in [0, 0.1) is 26.7 Å². The predicted octanol–water partition coefficient (Wildman–Crippen LogP) is 5.09. The summed E-state index contributed by atoms with van der Waals surface area (Å²) in [6.45, 7) is 9.13. The minimum absolute atomic E-state index is 0.0657. The average molecular weight is 586 g/mol. The van der Waals surface area contributed by atoms with Crippen LogP contribution < -0.4 is 4.74 Å². The Kier molecular flexibility index (Phi) is 9.88. The molecule has 11 heteroatoms. The lowest BCUT2D eigenvalue weighted by molar-refractivity contribution is 0.0809. The number of aliphatic hydroxyl groups is 1. The van der Waals surface area contributed by atoms with Crippen LogP contribution in [0.2, 0.25) is 5.02 Å². The fourth-order valence-electron chi connectivity index (χ4n) is 5.50. The lowest BCUT2D eigenvalue weighted by Crippen LogP contribution is -2.45. The van der Waals surface area contributed by atoms with E-state index in [1.807, 2.05) is 45.8 Å². The maximum Gasteiger partial charge on any atom is 0.409 e. The van der Waals surface area contributed by atoms with Crippen LogP contribution in [0.1, 0.15) is 42.5 Å². The van der Waals surface area contributed by atoms with Gasteiger partial charge in [-0.05, 0) is 90.7 Å². The molecule has 3 heterocycles. The number of amides is 1. The number of piperidine rings is 1. The molecule has 0 radical (unpaired) electrons. The van der Waals surface area contributed by atoms with Gasteiger partial charge in [-0.15, -0.1) is 0 Å². The summed E-state index contributed by atoms with van der Waals surface area (Å²) in [6.07, 6.45) is 1.49. The maximum atomic E-state index is 12.2. The smallest absolute Gasteiger partial charge is 0.409 e. The fraction of sp³-hybridized carbons (Fsp3) is 0.533. The molecule has 1 N–H and O–H groups in total.